The number of carbonyl (C=O) groups excluding carboxylic acids is 2. The molecule has 0 aliphatic carbocycles. The Morgan fingerprint density at radius 1 is 1.21 bits per heavy atom. The smallest absolute Gasteiger partial charge is 0.269 e. The summed E-state index contributed by atoms with van der Waals surface area (Å²) in [6.45, 7) is 10.4. The normalized spacial score (nSPS) is 12.6. The van der Waals surface area contributed by atoms with Crippen LogP contribution in [0.3, 0.4) is 0 Å². The minimum absolute atomic E-state index is 0.215. The predicted octanol–water partition coefficient (Wildman–Crippen LogP) is 3.80. The van der Waals surface area contributed by atoms with Gasteiger partial charge in [0.15, 0.2) is 0 Å². The standard InChI is InChI=1S/C20H19ClIN3O3/c1-11-14(6-9-17(23-3)18(11)21)10-16(12(2)26)20(28)25-24-19(27)13-4-7-15(22)8-5-13/h4-9,12,16,26H,10H2,1-2H3,(H,24,27)(H,25,28)/t12-,16+/m0/s1. The summed E-state index contributed by atoms with van der Waals surface area (Å²) in [7, 11) is 0. The first-order valence-electron chi connectivity index (χ1n) is 8.43. The fraction of sp³-hybridized carbons (Fsp3) is 0.250. The van der Waals surface area contributed by atoms with Crippen LogP contribution in [0.15, 0.2) is 36.4 Å². The van der Waals surface area contributed by atoms with Crippen LogP contribution in [0.5, 0.6) is 0 Å². The Morgan fingerprint density at radius 2 is 1.86 bits per heavy atom. The van der Waals surface area contributed by atoms with E-state index in [1.54, 1.807) is 43.3 Å². The number of nitrogens with one attached hydrogen (secondary N) is 2. The Kier molecular flexibility index (Phi) is 7.80. The van der Waals surface area contributed by atoms with Crippen LogP contribution >= 0.6 is 34.2 Å². The molecule has 3 N–H and O–H groups in total. The van der Waals surface area contributed by atoms with Crippen LogP contribution < -0.4 is 10.9 Å². The average Bonchev–Trinajstić information content (AvgIpc) is 2.67. The van der Waals surface area contributed by atoms with E-state index in [1.807, 2.05) is 0 Å². The largest absolute Gasteiger partial charge is 0.393 e. The van der Waals surface area contributed by atoms with Crippen molar-refractivity contribution in [1.29, 1.82) is 0 Å². The fourth-order valence-corrected chi connectivity index (χ4v) is 3.21. The lowest BCUT2D eigenvalue weighted by Crippen LogP contribution is -2.47. The van der Waals surface area contributed by atoms with Gasteiger partial charge in [-0.2, -0.15) is 0 Å². The number of hydrazine groups is 1. The van der Waals surface area contributed by atoms with E-state index in [0.717, 1.165) is 9.13 Å². The highest BCUT2D eigenvalue weighted by molar-refractivity contribution is 14.1. The van der Waals surface area contributed by atoms with Gasteiger partial charge in [-0.1, -0.05) is 23.7 Å². The van der Waals surface area contributed by atoms with Crippen molar-refractivity contribution in [3.8, 4) is 0 Å². The molecule has 8 heteroatoms. The van der Waals surface area contributed by atoms with Crippen LogP contribution in [-0.2, 0) is 11.2 Å². The van der Waals surface area contributed by atoms with Crippen molar-refractivity contribution in [3.63, 3.8) is 0 Å². The molecule has 0 unspecified atom stereocenters. The van der Waals surface area contributed by atoms with Gasteiger partial charge in [0, 0.05) is 9.13 Å². The monoisotopic (exact) mass is 511 g/mol. The second-order valence-electron chi connectivity index (χ2n) is 6.30. The number of benzene rings is 2. The molecule has 2 aromatic rings. The van der Waals surface area contributed by atoms with E-state index in [2.05, 4.69) is 38.3 Å². The molecule has 2 atom stereocenters. The first-order valence-corrected chi connectivity index (χ1v) is 9.89. The van der Waals surface area contributed by atoms with Gasteiger partial charge in [0.2, 0.25) is 11.6 Å². The number of rotatable bonds is 5. The van der Waals surface area contributed by atoms with Crippen LogP contribution in [0.1, 0.15) is 28.4 Å². The van der Waals surface area contributed by atoms with E-state index < -0.39 is 23.8 Å². The molecule has 2 amide bonds. The SMILES string of the molecule is [C-]#[N+]c1ccc(C[C@@H](C(=O)NNC(=O)c2ccc(I)cc2)[C@H](C)O)c(C)c1Cl. The number of carbonyl (C=O) groups is 2. The molecule has 0 spiro atoms. The van der Waals surface area contributed by atoms with Gasteiger partial charge in [0.1, 0.15) is 0 Å². The zero-order valence-electron chi connectivity index (χ0n) is 15.3. The zero-order valence-corrected chi connectivity index (χ0v) is 18.2. The summed E-state index contributed by atoms with van der Waals surface area (Å²) in [6, 6.07) is 10.2. The number of hydrogen-bond acceptors (Lipinski definition) is 3. The lowest BCUT2D eigenvalue weighted by Gasteiger charge is -2.21. The maximum Gasteiger partial charge on any atom is 0.269 e. The van der Waals surface area contributed by atoms with Crippen molar-refractivity contribution >= 4 is 51.7 Å². The summed E-state index contributed by atoms with van der Waals surface area (Å²) in [5, 5.41) is 10.4. The first kappa shape index (κ1) is 22.1. The van der Waals surface area contributed by atoms with Gasteiger partial charge < -0.3 is 5.11 Å². The van der Waals surface area contributed by atoms with E-state index in [-0.39, 0.29) is 6.42 Å². The molecule has 0 aliphatic rings. The molecular weight excluding hydrogens is 493 g/mol. The zero-order chi connectivity index (χ0) is 20.8. The molecule has 0 radical (unpaired) electrons. The van der Waals surface area contributed by atoms with E-state index in [4.69, 9.17) is 18.2 Å². The maximum atomic E-state index is 12.5. The highest BCUT2D eigenvalue weighted by Gasteiger charge is 2.26. The van der Waals surface area contributed by atoms with Crippen molar-refractivity contribution in [2.45, 2.75) is 26.4 Å². The van der Waals surface area contributed by atoms with Gasteiger partial charge in [0.05, 0.1) is 23.6 Å². The average molecular weight is 512 g/mol. The molecule has 0 saturated heterocycles. The third-order valence-electron chi connectivity index (χ3n) is 4.36. The van der Waals surface area contributed by atoms with Gasteiger partial charge in [-0.3, -0.25) is 20.4 Å². The van der Waals surface area contributed by atoms with E-state index in [1.165, 1.54) is 6.92 Å². The number of halogens is 2. The second-order valence-corrected chi connectivity index (χ2v) is 7.92. The molecule has 28 heavy (non-hydrogen) atoms. The minimum Gasteiger partial charge on any atom is -0.393 e. The first-order chi connectivity index (χ1) is 13.2. The lowest BCUT2D eigenvalue weighted by molar-refractivity contribution is -0.128. The molecule has 2 aromatic carbocycles. The summed E-state index contributed by atoms with van der Waals surface area (Å²) >= 11 is 8.32. The third-order valence-corrected chi connectivity index (χ3v) is 5.56. The highest BCUT2D eigenvalue weighted by Crippen LogP contribution is 2.31. The van der Waals surface area contributed by atoms with Gasteiger partial charge in [-0.25, -0.2) is 4.85 Å². The number of hydrogen-bond donors (Lipinski definition) is 3. The maximum absolute atomic E-state index is 12.5. The number of aliphatic hydroxyl groups is 1. The quantitative estimate of drug-likeness (QED) is 0.324. The topological polar surface area (TPSA) is 82.8 Å². The Morgan fingerprint density at radius 3 is 2.43 bits per heavy atom. The minimum atomic E-state index is -0.950. The third kappa shape index (κ3) is 5.44. The van der Waals surface area contributed by atoms with Crippen molar-refractivity contribution < 1.29 is 14.7 Å². The second kappa shape index (κ2) is 9.87. The van der Waals surface area contributed by atoms with Crippen molar-refractivity contribution in [3.05, 3.63) is 73.1 Å². The number of amides is 2. The van der Waals surface area contributed by atoms with E-state index in [9.17, 15) is 14.7 Å². The van der Waals surface area contributed by atoms with Crippen LogP contribution in [-0.4, -0.2) is 23.0 Å². The Hall–Kier alpha value is -2.15. The van der Waals surface area contributed by atoms with Crippen LogP contribution in [0.2, 0.25) is 5.02 Å². The molecule has 0 aliphatic heterocycles. The van der Waals surface area contributed by atoms with Gasteiger partial charge >= 0.3 is 0 Å². The van der Waals surface area contributed by atoms with Gasteiger partial charge in [-0.15, -0.1) is 0 Å². The highest BCUT2D eigenvalue weighted by atomic mass is 127. The molecule has 0 aromatic heterocycles. The molecule has 0 heterocycles. The van der Waals surface area contributed by atoms with E-state index in [0.29, 0.717) is 21.8 Å². The molecule has 146 valence electrons. The molecule has 0 bridgehead atoms. The molecule has 0 fully saturated rings. The number of aliphatic hydroxyl groups excluding tert-OH is 1. The molecule has 0 saturated carbocycles. The summed E-state index contributed by atoms with van der Waals surface area (Å²) in [4.78, 5) is 28.0. The molecule has 6 nitrogen and oxygen atoms in total. The van der Waals surface area contributed by atoms with Crippen LogP contribution in [0.25, 0.3) is 4.85 Å². The van der Waals surface area contributed by atoms with Crippen molar-refractivity contribution in [2.24, 2.45) is 5.92 Å². The number of nitrogens with zero attached hydrogens (tertiary/aromatic N) is 1. The Bertz CT molecular complexity index is 924. The van der Waals surface area contributed by atoms with E-state index >= 15 is 0 Å². The molecular formula is C20H19ClIN3O3. The summed E-state index contributed by atoms with van der Waals surface area (Å²) in [5.74, 6) is -1.76. The summed E-state index contributed by atoms with van der Waals surface area (Å²) < 4.78 is 0.991. The van der Waals surface area contributed by atoms with Crippen molar-refractivity contribution in [1.82, 2.24) is 10.9 Å². The van der Waals surface area contributed by atoms with Gasteiger partial charge in [-0.05, 0) is 78.3 Å². The predicted molar refractivity (Wildman–Crippen MR) is 116 cm³/mol. The van der Waals surface area contributed by atoms with Crippen molar-refractivity contribution in [2.75, 3.05) is 0 Å². The fourth-order valence-electron chi connectivity index (χ4n) is 2.62. The van der Waals surface area contributed by atoms with Crippen LogP contribution in [0, 0.1) is 23.0 Å². The lowest BCUT2D eigenvalue weighted by atomic mass is 9.91. The Balaban J connectivity index is 2.08. The van der Waals surface area contributed by atoms with Gasteiger partial charge in [0.25, 0.3) is 5.91 Å². The van der Waals surface area contributed by atoms with Crippen LogP contribution in [0.4, 0.5) is 5.69 Å². The molecule has 2 rings (SSSR count). The Labute approximate surface area is 182 Å². The summed E-state index contributed by atoms with van der Waals surface area (Å²) in [5.41, 5.74) is 6.93. The summed E-state index contributed by atoms with van der Waals surface area (Å²) in [6.07, 6.45) is -0.735.